The van der Waals surface area contributed by atoms with E-state index in [2.05, 4.69) is 12.2 Å². The first-order valence-corrected chi connectivity index (χ1v) is 11.4. The van der Waals surface area contributed by atoms with E-state index in [0.717, 1.165) is 25.3 Å². The Kier molecular flexibility index (Phi) is 12.9. The van der Waals surface area contributed by atoms with Crippen LogP contribution in [0.1, 0.15) is 95.3 Å². The number of unbranched alkanes of at least 4 members (excludes halogenated alkanes) is 8. The number of amides is 1. The molecule has 0 saturated heterocycles. The first-order chi connectivity index (χ1) is 14.8. The molecule has 31 heavy (non-hydrogen) atoms. The number of hydrogen-bond donors (Lipinski definition) is 1. The normalized spacial score (nSPS) is 12.1. The van der Waals surface area contributed by atoms with Crippen LogP contribution in [0, 0.1) is 23.4 Å². The van der Waals surface area contributed by atoms with Gasteiger partial charge in [0, 0.05) is 0 Å². The molecular formula is C24H36F3NO3. The highest BCUT2D eigenvalue weighted by Crippen LogP contribution is 2.16. The average molecular weight is 444 g/mol. The summed E-state index contributed by atoms with van der Waals surface area (Å²) < 4.78 is 45.7. The van der Waals surface area contributed by atoms with Crippen molar-refractivity contribution >= 4 is 11.9 Å². The Balaban J connectivity index is 2.46. The molecule has 0 fully saturated rings. The first kappa shape index (κ1) is 27.0. The Morgan fingerprint density at radius 2 is 1.48 bits per heavy atom. The molecule has 1 aromatic carbocycles. The zero-order valence-electron chi connectivity index (χ0n) is 18.9. The summed E-state index contributed by atoms with van der Waals surface area (Å²) >= 11 is 0. The molecule has 1 atom stereocenters. The molecule has 7 heteroatoms. The third-order valence-electron chi connectivity index (χ3n) is 5.07. The van der Waals surface area contributed by atoms with Crippen molar-refractivity contribution in [2.24, 2.45) is 5.92 Å². The Hall–Kier alpha value is -2.05. The summed E-state index contributed by atoms with van der Waals surface area (Å²) in [7, 11) is 0. The van der Waals surface area contributed by atoms with E-state index in [4.69, 9.17) is 4.74 Å². The molecule has 1 rings (SSSR count). The SMILES string of the molecule is CCCCCCCCCCCOC(=O)C(CC(C)C)NC(=O)c1ccc(F)c(F)c1F. The van der Waals surface area contributed by atoms with Crippen LogP contribution in [0.2, 0.25) is 0 Å². The highest BCUT2D eigenvalue weighted by Gasteiger charge is 2.26. The lowest BCUT2D eigenvalue weighted by molar-refractivity contribution is -0.146. The highest BCUT2D eigenvalue weighted by molar-refractivity contribution is 5.97. The van der Waals surface area contributed by atoms with Gasteiger partial charge >= 0.3 is 5.97 Å². The van der Waals surface area contributed by atoms with Crippen molar-refractivity contribution in [1.29, 1.82) is 0 Å². The molecule has 1 amide bonds. The average Bonchev–Trinajstić information content (AvgIpc) is 2.72. The van der Waals surface area contributed by atoms with Crippen molar-refractivity contribution < 1.29 is 27.5 Å². The van der Waals surface area contributed by atoms with Crippen molar-refractivity contribution in [3.63, 3.8) is 0 Å². The first-order valence-electron chi connectivity index (χ1n) is 11.4. The van der Waals surface area contributed by atoms with Gasteiger partial charge in [-0.2, -0.15) is 0 Å². The van der Waals surface area contributed by atoms with Crippen LogP contribution in [0.4, 0.5) is 13.2 Å². The van der Waals surface area contributed by atoms with Gasteiger partial charge in [-0.15, -0.1) is 0 Å². The number of ether oxygens (including phenoxy) is 1. The minimum Gasteiger partial charge on any atom is -0.464 e. The lowest BCUT2D eigenvalue weighted by Gasteiger charge is -2.19. The van der Waals surface area contributed by atoms with E-state index in [1.54, 1.807) is 0 Å². The van der Waals surface area contributed by atoms with Crippen molar-refractivity contribution in [3.8, 4) is 0 Å². The van der Waals surface area contributed by atoms with E-state index < -0.39 is 40.9 Å². The second-order valence-electron chi connectivity index (χ2n) is 8.37. The molecule has 4 nitrogen and oxygen atoms in total. The second-order valence-corrected chi connectivity index (χ2v) is 8.37. The number of carbonyl (C=O) groups excluding carboxylic acids is 2. The second kappa shape index (κ2) is 14.9. The molecule has 0 heterocycles. The van der Waals surface area contributed by atoms with Gasteiger partial charge in [0.2, 0.25) is 0 Å². The van der Waals surface area contributed by atoms with E-state index in [0.29, 0.717) is 6.07 Å². The molecule has 0 aliphatic carbocycles. The standard InChI is InChI=1S/C24H36F3NO3/c1-4-5-6-7-8-9-10-11-12-15-31-24(30)20(16-17(2)3)28-23(29)18-13-14-19(25)22(27)21(18)26/h13-14,17,20H,4-12,15-16H2,1-3H3,(H,28,29). The summed E-state index contributed by atoms with van der Waals surface area (Å²) in [5.74, 6) is -6.22. The molecule has 0 aromatic heterocycles. The minimum absolute atomic E-state index is 0.0559. The van der Waals surface area contributed by atoms with Crippen LogP contribution in [-0.4, -0.2) is 24.5 Å². The largest absolute Gasteiger partial charge is 0.464 e. The molecule has 0 aliphatic heterocycles. The fraction of sp³-hybridized carbons (Fsp3) is 0.667. The number of carbonyl (C=O) groups is 2. The maximum Gasteiger partial charge on any atom is 0.328 e. The van der Waals surface area contributed by atoms with E-state index in [1.165, 1.54) is 38.5 Å². The molecule has 0 aliphatic rings. The van der Waals surface area contributed by atoms with Crippen LogP contribution >= 0.6 is 0 Å². The van der Waals surface area contributed by atoms with Gasteiger partial charge in [-0.1, -0.05) is 72.1 Å². The third kappa shape index (κ3) is 10.2. The van der Waals surface area contributed by atoms with Crippen molar-refractivity contribution in [3.05, 3.63) is 35.1 Å². The van der Waals surface area contributed by atoms with Gasteiger partial charge in [-0.05, 0) is 30.9 Å². The fourth-order valence-corrected chi connectivity index (χ4v) is 3.31. The number of hydrogen-bond acceptors (Lipinski definition) is 3. The fourth-order valence-electron chi connectivity index (χ4n) is 3.31. The quantitative estimate of drug-likeness (QED) is 0.196. The van der Waals surface area contributed by atoms with Crippen LogP contribution in [0.15, 0.2) is 12.1 Å². The number of benzene rings is 1. The van der Waals surface area contributed by atoms with Crippen LogP contribution < -0.4 is 5.32 Å². The predicted octanol–water partition coefficient (Wildman–Crippen LogP) is 6.32. The van der Waals surface area contributed by atoms with Gasteiger partial charge < -0.3 is 10.1 Å². The van der Waals surface area contributed by atoms with Crippen LogP contribution in [-0.2, 0) is 9.53 Å². The lowest BCUT2D eigenvalue weighted by atomic mass is 10.0. The molecule has 1 N–H and O–H groups in total. The highest BCUT2D eigenvalue weighted by atomic mass is 19.2. The molecule has 0 spiro atoms. The van der Waals surface area contributed by atoms with Crippen LogP contribution in [0.25, 0.3) is 0 Å². The molecule has 0 saturated carbocycles. The summed E-state index contributed by atoms with van der Waals surface area (Å²) in [6, 6.07) is 0.536. The van der Waals surface area contributed by atoms with E-state index >= 15 is 0 Å². The summed E-state index contributed by atoms with van der Waals surface area (Å²) in [5, 5.41) is 2.39. The molecule has 0 bridgehead atoms. The van der Waals surface area contributed by atoms with Gasteiger partial charge in [0.25, 0.3) is 5.91 Å². The van der Waals surface area contributed by atoms with Gasteiger partial charge in [-0.3, -0.25) is 4.79 Å². The summed E-state index contributed by atoms with van der Waals surface area (Å²) in [6.45, 7) is 6.17. The van der Waals surface area contributed by atoms with Crippen LogP contribution in [0.5, 0.6) is 0 Å². The number of halogens is 3. The molecular weight excluding hydrogens is 407 g/mol. The van der Waals surface area contributed by atoms with Gasteiger partial charge in [0.05, 0.1) is 12.2 Å². The van der Waals surface area contributed by atoms with E-state index in [9.17, 15) is 22.8 Å². The summed E-state index contributed by atoms with van der Waals surface area (Å²) in [6.07, 6.45) is 10.5. The maximum absolute atomic E-state index is 13.9. The Morgan fingerprint density at radius 1 is 0.903 bits per heavy atom. The summed E-state index contributed by atoms with van der Waals surface area (Å²) in [5.41, 5.74) is -0.653. The Bertz CT molecular complexity index is 695. The predicted molar refractivity (Wildman–Crippen MR) is 115 cm³/mol. The summed E-state index contributed by atoms with van der Waals surface area (Å²) in [4.78, 5) is 24.7. The number of nitrogens with one attached hydrogen (secondary N) is 1. The van der Waals surface area contributed by atoms with Crippen molar-refractivity contribution in [2.45, 2.75) is 91.0 Å². The molecule has 1 aromatic rings. The molecule has 176 valence electrons. The maximum atomic E-state index is 13.9. The smallest absolute Gasteiger partial charge is 0.328 e. The van der Waals surface area contributed by atoms with Crippen molar-refractivity contribution in [2.75, 3.05) is 6.61 Å². The zero-order valence-corrected chi connectivity index (χ0v) is 18.9. The van der Waals surface area contributed by atoms with Gasteiger partial charge in [0.15, 0.2) is 17.5 Å². The third-order valence-corrected chi connectivity index (χ3v) is 5.07. The Morgan fingerprint density at radius 3 is 2.06 bits per heavy atom. The van der Waals surface area contributed by atoms with Crippen LogP contribution in [0.3, 0.4) is 0 Å². The molecule has 0 radical (unpaired) electrons. The van der Waals surface area contributed by atoms with Gasteiger partial charge in [0.1, 0.15) is 6.04 Å². The lowest BCUT2D eigenvalue weighted by Crippen LogP contribution is -2.43. The molecule has 1 unspecified atom stereocenters. The van der Waals surface area contributed by atoms with Gasteiger partial charge in [-0.25, -0.2) is 18.0 Å². The van der Waals surface area contributed by atoms with E-state index in [1.807, 2.05) is 13.8 Å². The minimum atomic E-state index is -1.72. The topological polar surface area (TPSA) is 55.4 Å². The van der Waals surface area contributed by atoms with Crippen molar-refractivity contribution in [1.82, 2.24) is 5.32 Å². The zero-order chi connectivity index (χ0) is 23.2. The number of rotatable bonds is 15. The number of esters is 1. The Labute approximate surface area is 183 Å². The van der Waals surface area contributed by atoms with E-state index in [-0.39, 0.29) is 18.9 Å². The monoisotopic (exact) mass is 443 g/mol.